The zero-order valence-corrected chi connectivity index (χ0v) is 21.8. The van der Waals surface area contributed by atoms with E-state index in [4.69, 9.17) is 23.2 Å². The van der Waals surface area contributed by atoms with Gasteiger partial charge in [-0.25, -0.2) is 4.79 Å². The molecule has 1 aromatic heterocycles. The maximum absolute atomic E-state index is 13.1. The Kier molecular flexibility index (Phi) is 10.1. The molecule has 0 aliphatic heterocycles. The molecule has 2 atom stereocenters. The van der Waals surface area contributed by atoms with Gasteiger partial charge in [0.05, 0.1) is 22.7 Å². The number of hydrogen-bond acceptors (Lipinski definition) is 4. The van der Waals surface area contributed by atoms with Crippen LogP contribution in [0.15, 0.2) is 66.9 Å². The molecular formula is C27H30Cl2N4O3. The summed E-state index contributed by atoms with van der Waals surface area (Å²) in [5, 5.41) is 17.3. The van der Waals surface area contributed by atoms with E-state index in [-0.39, 0.29) is 24.5 Å². The average molecular weight is 529 g/mol. The first-order chi connectivity index (χ1) is 17.3. The Labute approximate surface area is 221 Å². The predicted octanol–water partition coefficient (Wildman–Crippen LogP) is 5.73. The molecule has 0 saturated heterocycles. The number of amides is 3. The lowest BCUT2D eigenvalue weighted by Crippen LogP contribution is -2.43. The molecule has 3 amide bonds. The Morgan fingerprint density at radius 3 is 2.44 bits per heavy atom. The van der Waals surface area contributed by atoms with Crippen LogP contribution < -0.4 is 10.6 Å². The van der Waals surface area contributed by atoms with Gasteiger partial charge in [0.2, 0.25) is 0 Å². The molecule has 0 radical (unpaired) electrons. The van der Waals surface area contributed by atoms with Crippen molar-refractivity contribution in [2.24, 2.45) is 0 Å². The zero-order chi connectivity index (χ0) is 26.1. The summed E-state index contributed by atoms with van der Waals surface area (Å²) < 4.78 is 0. The molecule has 3 N–H and O–H groups in total. The van der Waals surface area contributed by atoms with E-state index in [2.05, 4.69) is 15.6 Å². The molecule has 36 heavy (non-hydrogen) atoms. The number of pyridine rings is 1. The largest absolute Gasteiger partial charge is 0.387 e. The second kappa shape index (κ2) is 13.3. The van der Waals surface area contributed by atoms with Gasteiger partial charge in [-0.05, 0) is 67.3 Å². The van der Waals surface area contributed by atoms with Crippen LogP contribution >= 0.6 is 23.2 Å². The van der Waals surface area contributed by atoms with Crippen LogP contribution in [0.25, 0.3) is 0 Å². The van der Waals surface area contributed by atoms with E-state index in [1.165, 1.54) is 0 Å². The number of benzene rings is 2. The van der Waals surface area contributed by atoms with Gasteiger partial charge >= 0.3 is 6.03 Å². The second-order valence-corrected chi connectivity index (χ2v) is 9.26. The van der Waals surface area contributed by atoms with Gasteiger partial charge in [-0.2, -0.15) is 0 Å². The molecular weight excluding hydrogens is 499 g/mol. The summed E-state index contributed by atoms with van der Waals surface area (Å²) in [7, 11) is 0. The first-order valence-corrected chi connectivity index (χ1v) is 12.5. The highest BCUT2D eigenvalue weighted by Gasteiger charge is 2.23. The Morgan fingerprint density at radius 2 is 1.81 bits per heavy atom. The summed E-state index contributed by atoms with van der Waals surface area (Å²) in [4.78, 5) is 30.8. The fourth-order valence-corrected chi connectivity index (χ4v) is 3.86. The maximum atomic E-state index is 13.1. The second-order valence-electron chi connectivity index (χ2n) is 8.45. The molecule has 3 aromatic rings. The summed E-state index contributed by atoms with van der Waals surface area (Å²) >= 11 is 12.1. The minimum absolute atomic E-state index is 0.0931. The number of hydrogen-bond donors (Lipinski definition) is 3. The van der Waals surface area contributed by atoms with Crippen molar-refractivity contribution in [1.82, 2.24) is 15.2 Å². The van der Waals surface area contributed by atoms with Crippen molar-refractivity contribution in [2.45, 2.75) is 38.8 Å². The van der Waals surface area contributed by atoms with Gasteiger partial charge in [0.15, 0.2) is 0 Å². The lowest BCUT2D eigenvalue weighted by atomic mass is 10.1. The first-order valence-electron chi connectivity index (χ1n) is 11.8. The predicted molar refractivity (Wildman–Crippen MR) is 144 cm³/mol. The van der Waals surface area contributed by atoms with Crippen molar-refractivity contribution in [2.75, 3.05) is 18.4 Å². The topological polar surface area (TPSA) is 94.6 Å². The van der Waals surface area contributed by atoms with E-state index >= 15 is 0 Å². The molecule has 190 valence electrons. The number of aliphatic hydroxyl groups excluding tert-OH is 1. The van der Waals surface area contributed by atoms with E-state index in [0.717, 1.165) is 12.0 Å². The van der Waals surface area contributed by atoms with E-state index < -0.39 is 6.10 Å². The minimum atomic E-state index is -0.914. The lowest BCUT2D eigenvalue weighted by Gasteiger charge is -2.31. The normalized spacial score (nSPS) is 12.5. The van der Waals surface area contributed by atoms with Gasteiger partial charge in [-0.1, -0.05) is 54.4 Å². The van der Waals surface area contributed by atoms with Gasteiger partial charge in [-0.3, -0.25) is 9.78 Å². The molecule has 1 heterocycles. The molecule has 0 aliphatic carbocycles. The van der Waals surface area contributed by atoms with Crippen molar-refractivity contribution in [3.63, 3.8) is 0 Å². The number of urea groups is 1. The van der Waals surface area contributed by atoms with Gasteiger partial charge in [-0.15, -0.1) is 0 Å². The number of anilines is 1. The third-order valence-electron chi connectivity index (χ3n) is 5.88. The minimum Gasteiger partial charge on any atom is -0.387 e. The fraction of sp³-hybridized carbons (Fsp3) is 0.296. The molecule has 9 heteroatoms. The van der Waals surface area contributed by atoms with Crippen LogP contribution in [0.1, 0.15) is 48.0 Å². The van der Waals surface area contributed by atoms with Crippen molar-refractivity contribution in [1.29, 1.82) is 0 Å². The van der Waals surface area contributed by atoms with Crippen LogP contribution in [0.3, 0.4) is 0 Å². The monoisotopic (exact) mass is 528 g/mol. The zero-order valence-electron chi connectivity index (χ0n) is 20.2. The summed E-state index contributed by atoms with van der Waals surface area (Å²) in [5.41, 5.74) is 2.62. The summed E-state index contributed by atoms with van der Waals surface area (Å²) in [5.74, 6) is -0.215. The highest BCUT2D eigenvalue weighted by molar-refractivity contribution is 6.42. The van der Waals surface area contributed by atoms with Crippen LogP contribution in [0.2, 0.25) is 10.0 Å². The third-order valence-corrected chi connectivity index (χ3v) is 6.62. The molecule has 3 rings (SSSR count). The quantitative estimate of drug-likeness (QED) is 0.313. The van der Waals surface area contributed by atoms with E-state index in [1.54, 1.807) is 47.5 Å². The SMILES string of the molecule is CCC(C)N(CC(O)c1ccc(Cl)c(Cl)c1)C(=O)Nc1ccc(CCNC(=O)c2ccccn2)cc1. The number of nitrogens with zero attached hydrogens (tertiary/aromatic N) is 2. The van der Waals surface area contributed by atoms with Crippen molar-refractivity contribution >= 4 is 40.8 Å². The molecule has 0 saturated carbocycles. The van der Waals surface area contributed by atoms with Crippen LogP contribution in [0, 0.1) is 0 Å². The lowest BCUT2D eigenvalue weighted by molar-refractivity contribution is 0.0949. The smallest absolute Gasteiger partial charge is 0.322 e. The average Bonchev–Trinajstić information content (AvgIpc) is 2.89. The van der Waals surface area contributed by atoms with E-state index in [9.17, 15) is 14.7 Å². The van der Waals surface area contributed by atoms with Crippen LogP contribution in [0.5, 0.6) is 0 Å². The van der Waals surface area contributed by atoms with Crippen molar-refractivity contribution < 1.29 is 14.7 Å². The van der Waals surface area contributed by atoms with E-state index in [0.29, 0.717) is 40.0 Å². The number of carbonyl (C=O) groups is 2. The standard InChI is InChI=1S/C27H30Cl2N4O3/c1-3-18(2)33(17-25(34)20-9-12-22(28)23(29)16-20)27(36)32-21-10-7-19(8-11-21)13-15-31-26(35)24-6-4-5-14-30-24/h4-12,14,16,18,25,34H,3,13,15,17H2,1-2H3,(H,31,35)(H,32,36). The van der Waals surface area contributed by atoms with Crippen LogP contribution in [0.4, 0.5) is 10.5 Å². The number of carbonyl (C=O) groups excluding carboxylic acids is 2. The number of nitrogens with one attached hydrogen (secondary N) is 2. The molecule has 0 fully saturated rings. The molecule has 0 bridgehead atoms. The maximum Gasteiger partial charge on any atom is 0.322 e. The molecule has 0 spiro atoms. The highest BCUT2D eigenvalue weighted by atomic mass is 35.5. The van der Waals surface area contributed by atoms with Gasteiger partial charge in [0.1, 0.15) is 5.69 Å². The highest BCUT2D eigenvalue weighted by Crippen LogP contribution is 2.26. The Bertz CT molecular complexity index is 1160. The molecule has 0 aliphatic rings. The first kappa shape index (κ1) is 27.5. The van der Waals surface area contributed by atoms with Gasteiger partial charge < -0.3 is 20.6 Å². The Balaban J connectivity index is 1.56. The summed E-state index contributed by atoms with van der Waals surface area (Å²) in [6.07, 6.45) is 2.04. The summed E-state index contributed by atoms with van der Waals surface area (Å²) in [6, 6.07) is 17.2. The number of halogens is 2. The number of aliphatic hydroxyl groups is 1. The number of aromatic nitrogens is 1. The molecule has 2 aromatic carbocycles. The third kappa shape index (κ3) is 7.68. The van der Waals surface area contributed by atoms with E-state index in [1.807, 2.05) is 38.1 Å². The number of rotatable bonds is 10. The molecule has 2 unspecified atom stereocenters. The van der Waals surface area contributed by atoms with Crippen molar-refractivity contribution in [3.8, 4) is 0 Å². The Hall–Kier alpha value is -3.13. The molecule has 7 nitrogen and oxygen atoms in total. The Morgan fingerprint density at radius 1 is 1.06 bits per heavy atom. The van der Waals surface area contributed by atoms with Crippen molar-refractivity contribution in [3.05, 3.63) is 93.7 Å². The van der Waals surface area contributed by atoms with Gasteiger partial charge in [0, 0.05) is 24.5 Å². The van der Waals surface area contributed by atoms with Gasteiger partial charge in [0.25, 0.3) is 5.91 Å². The van der Waals surface area contributed by atoms with Crippen LogP contribution in [-0.2, 0) is 6.42 Å². The van der Waals surface area contributed by atoms with Crippen LogP contribution in [-0.4, -0.2) is 46.1 Å². The summed E-state index contributed by atoms with van der Waals surface area (Å²) in [6.45, 7) is 4.49. The fourth-order valence-electron chi connectivity index (χ4n) is 3.55.